The molecule has 0 N–H and O–H groups in total. The van der Waals surface area contributed by atoms with E-state index in [1.807, 2.05) is 13.0 Å². The van der Waals surface area contributed by atoms with Crippen LogP contribution >= 0.6 is 11.6 Å². The molecule has 1 aromatic carbocycles. The van der Waals surface area contributed by atoms with E-state index in [2.05, 4.69) is 0 Å². The number of hydrogen-bond donors (Lipinski definition) is 0. The summed E-state index contributed by atoms with van der Waals surface area (Å²) in [6.07, 6.45) is 1.12. The van der Waals surface area contributed by atoms with Crippen LogP contribution in [0.4, 0.5) is 4.39 Å². The average Bonchev–Trinajstić information content (AvgIpc) is 2.88. The Morgan fingerprint density at radius 2 is 2.31 bits per heavy atom. The molecule has 0 spiro atoms. The highest BCUT2D eigenvalue weighted by Gasteiger charge is 2.38. The maximum absolute atomic E-state index is 12.9. The van der Waals surface area contributed by atoms with Crippen LogP contribution in [0.3, 0.4) is 0 Å². The lowest BCUT2D eigenvalue weighted by Gasteiger charge is -2.03. The Bertz CT molecular complexity index is 322. The molecule has 0 amide bonds. The standard InChI is InChI=1S/C11H12ClF/c1-7-2-3-9(13)5-10(7)11-4-8(11)6-12/h2-3,5,8,11H,4,6H2,1H3. The summed E-state index contributed by atoms with van der Waals surface area (Å²) in [7, 11) is 0. The smallest absolute Gasteiger partial charge is 0.123 e. The summed E-state index contributed by atoms with van der Waals surface area (Å²) in [5.41, 5.74) is 2.32. The molecule has 70 valence electrons. The van der Waals surface area contributed by atoms with E-state index in [9.17, 15) is 4.39 Å². The predicted molar refractivity (Wildman–Crippen MR) is 52.7 cm³/mol. The highest BCUT2D eigenvalue weighted by atomic mass is 35.5. The van der Waals surface area contributed by atoms with E-state index in [1.165, 1.54) is 11.6 Å². The average molecular weight is 199 g/mol. The third-order valence-corrected chi connectivity index (χ3v) is 3.16. The maximum Gasteiger partial charge on any atom is 0.123 e. The van der Waals surface area contributed by atoms with Gasteiger partial charge in [0.15, 0.2) is 0 Å². The lowest BCUT2D eigenvalue weighted by atomic mass is 10.0. The molecule has 0 heterocycles. The first kappa shape index (κ1) is 9.01. The quantitative estimate of drug-likeness (QED) is 0.639. The minimum Gasteiger partial charge on any atom is -0.207 e. The molecular weight excluding hydrogens is 187 g/mol. The Kier molecular flexibility index (Phi) is 2.29. The molecule has 0 nitrogen and oxygen atoms in total. The van der Waals surface area contributed by atoms with Gasteiger partial charge in [-0.15, -0.1) is 11.6 Å². The first-order valence-electron chi connectivity index (χ1n) is 4.54. The van der Waals surface area contributed by atoms with E-state index in [0.717, 1.165) is 12.0 Å². The molecule has 2 rings (SSSR count). The summed E-state index contributed by atoms with van der Waals surface area (Å²) < 4.78 is 12.9. The van der Waals surface area contributed by atoms with Crippen LogP contribution in [0.25, 0.3) is 0 Å². The van der Waals surface area contributed by atoms with Crippen molar-refractivity contribution >= 4 is 11.6 Å². The van der Waals surface area contributed by atoms with Crippen molar-refractivity contribution in [1.82, 2.24) is 0 Å². The molecule has 0 aliphatic heterocycles. The van der Waals surface area contributed by atoms with Crippen molar-refractivity contribution in [3.63, 3.8) is 0 Å². The monoisotopic (exact) mass is 198 g/mol. The van der Waals surface area contributed by atoms with Crippen LogP contribution in [0.1, 0.15) is 23.5 Å². The summed E-state index contributed by atoms with van der Waals surface area (Å²) in [4.78, 5) is 0. The largest absolute Gasteiger partial charge is 0.207 e. The van der Waals surface area contributed by atoms with Gasteiger partial charge in [0, 0.05) is 5.88 Å². The number of benzene rings is 1. The molecular formula is C11H12ClF. The lowest BCUT2D eigenvalue weighted by molar-refractivity contribution is 0.624. The molecule has 1 aliphatic carbocycles. The fourth-order valence-corrected chi connectivity index (χ4v) is 2.15. The first-order chi connectivity index (χ1) is 6.22. The van der Waals surface area contributed by atoms with Crippen molar-refractivity contribution in [2.75, 3.05) is 5.88 Å². The molecule has 13 heavy (non-hydrogen) atoms. The molecule has 2 heteroatoms. The second kappa shape index (κ2) is 3.30. The maximum atomic E-state index is 12.9. The lowest BCUT2D eigenvalue weighted by Crippen LogP contribution is -1.90. The molecule has 0 saturated heterocycles. The van der Waals surface area contributed by atoms with Crippen molar-refractivity contribution < 1.29 is 4.39 Å². The van der Waals surface area contributed by atoms with Gasteiger partial charge in [0.05, 0.1) is 0 Å². The summed E-state index contributed by atoms with van der Waals surface area (Å²) >= 11 is 5.74. The first-order valence-corrected chi connectivity index (χ1v) is 5.08. The normalized spacial score (nSPS) is 26.1. The Morgan fingerprint density at radius 3 is 2.92 bits per heavy atom. The van der Waals surface area contributed by atoms with Crippen molar-refractivity contribution in [3.05, 3.63) is 35.1 Å². The summed E-state index contributed by atoms with van der Waals surface area (Å²) in [6.45, 7) is 2.03. The Balaban J connectivity index is 2.25. The van der Waals surface area contributed by atoms with Crippen LogP contribution in [0.15, 0.2) is 18.2 Å². The van der Waals surface area contributed by atoms with Crippen LogP contribution in [-0.4, -0.2) is 5.88 Å². The minimum absolute atomic E-state index is 0.138. The van der Waals surface area contributed by atoms with E-state index in [1.54, 1.807) is 6.07 Å². The number of rotatable bonds is 2. The van der Waals surface area contributed by atoms with Gasteiger partial charge in [0.1, 0.15) is 5.82 Å². The van der Waals surface area contributed by atoms with Crippen molar-refractivity contribution in [2.24, 2.45) is 5.92 Å². The molecule has 1 fully saturated rings. The molecule has 0 radical (unpaired) electrons. The molecule has 0 aromatic heterocycles. The molecule has 1 saturated carbocycles. The SMILES string of the molecule is Cc1ccc(F)cc1C1CC1CCl. The summed E-state index contributed by atoms with van der Waals surface area (Å²) in [5.74, 6) is 1.64. The predicted octanol–water partition coefficient (Wildman–Crippen LogP) is 3.48. The number of aryl methyl sites for hydroxylation is 1. The van der Waals surface area contributed by atoms with Gasteiger partial charge >= 0.3 is 0 Å². The van der Waals surface area contributed by atoms with E-state index < -0.39 is 0 Å². The van der Waals surface area contributed by atoms with E-state index in [-0.39, 0.29) is 5.82 Å². The zero-order valence-corrected chi connectivity index (χ0v) is 8.31. The molecule has 1 aromatic rings. The summed E-state index contributed by atoms with van der Waals surface area (Å²) in [5, 5.41) is 0. The Labute approximate surface area is 82.7 Å². The number of hydrogen-bond acceptors (Lipinski definition) is 0. The fourth-order valence-electron chi connectivity index (χ4n) is 1.81. The molecule has 0 bridgehead atoms. The highest BCUT2D eigenvalue weighted by Crippen LogP contribution is 2.49. The third kappa shape index (κ3) is 1.71. The van der Waals surface area contributed by atoms with E-state index in [0.29, 0.717) is 17.7 Å². The number of halogens is 2. The van der Waals surface area contributed by atoms with Crippen molar-refractivity contribution in [1.29, 1.82) is 0 Å². The fraction of sp³-hybridized carbons (Fsp3) is 0.455. The highest BCUT2D eigenvalue weighted by molar-refractivity contribution is 6.18. The zero-order chi connectivity index (χ0) is 9.42. The van der Waals surface area contributed by atoms with Crippen LogP contribution in [0.5, 0.6) is 0 Å². The minimum atomic E-state index is -0.138. The van der Waals surface area contributed by atoms with Gasteiger partial charge in [-0.2, -0.15) is 0 Å². The van der Waals surface area contributed by atoms with Crippen LogP contribution < -0.4 is 0 Å². The van der Waals surface area contributed by atoms with E-state index in [4.69, 9.17) is 11.6 Å². The van der Waals surface area contributed by atoms with Crippen LogP contribution in [-0.2, 0) is 0 Å². The van der Waals surface area contributed by atoms with E-state index >= 15 is 0 Å². The van der Waals surface area contributed by atoms with Crippen molar-refractivity contribution in [3.8, 4) is 0 Å². The summed E-state index contributed by atoms with van der Waals surface area (Å²) in [6, 6.07) is 5.00. The van der Waals surface area contributed by atoms with Gasteiger partial charge in [-0.25, -0.2) is 4.39 Å². The second-order valence-corrected chi connectivity index (χ2v) is 4.07. The Morgan fingerprint density at radius 1 is 1.54 bits per heavy atom. The Hall–Kier alpha value is -0.560. The molecule has 2 atom stereocenters. The van der Waals surface area contributed by atoms with Gasteiger partial charge in [0.2, 0.25) is 0 Å². The van der Waals surface area contributed by atoms with Crippen molar-refractivity contribution in [2.45, 2.75) is 19.3 Å². The van der Waals surface area contributed by atoms with Crippen LogP contribution in [0, 0.1) is 18.7 Å². The number of alkyl halides is 1. The second-order valence-electron chi connectivity index (χ2n) is 3.76. The zero-order valence-electron chi connectivity index (χ0n) is 7.56. The third-order valence-electron chi connectivity index (χ3n) is 2.76. The van der Waals surface area contributed by atoms with Crippen LogP contribution in [0.2, 0.25) is 0 Å². The van der Waals surface area contributed by atoms with Gasteiger partial charge in [0.25, 0.3) is 0 Å². The van der Waals surface area contributed by atoms with Gasteiger partial charge in [-0.1, -0.05) is 6.07 Å². The molecule has 1 aliphatic rings. The van der Waals surface area contributed by atoms with Gasteiger partial charge in [-0.3, -0.25) is 0 Å². The van der Waals surface area contributed by atoms with Gasteiger partial charge < -0.3 is 0 Å². The molecule has 2 unspecified atom stereocenters. The van der Waals surface area contributed by atoms with Gasteiger partial charge in [-0.05, 0) is 48.4 Å². The topological polar surface area (TPSA) is 0 Å².